The zero-order valence-corrected chi connectivity index (χ0v) is 23.2. The third kappa shape index (κ3) is 6.98. The van der Waals surface area contributed by atoms with Crippen molar-refractivity contribution in [3.8, 4) is 5.75 Å². The second kappa shape index (κ2) is 13.1. The van der Waals surface area contributed by atoms with Crippen molar-refractivity contribution in [2.24, 2.45) is 0 Å². The van der Waals surface area contributed by atoms with E-state index in [4.69, 9.17) is 16.3 Å². The number of aromatic nitrogens is 2. The molecule has 0 atom stereocenters. The van der Waals surface area contributed by atoms with E-state index in [0.29, 0.717) is 46.7 Å². The number of para-hydroxylation sites is 1. The van der Waals surface area contributed by atoms with E-state index in [9.17, 15) is 19.2 Å². The molecule has 0 radical (unpaired) electrons. The fraction of sp³-hybridized carbons (Fsp3) is 0.267. The number of rotatable bonds is 11. The van der Waals surface area contributed by atoms with Gasteiger partial charge in [-0.25, -0.2) is 4.79 Å². The van der Waals surface area contributed by atoms with Crippen LogP contribution in [-0.2, 0) is 29.1 Å². The molecule has 4 rings (SSSR count). The third-order valence-corrected chi connectivity index (χ3v) is 6.81. The van der Waals surface area contributed by atoms with Crippen LogP contribution >= 0.6 is 11.6 Å². The molecule has 0 fully saturated rings. The van der Waals surface area contributed by atoms with Crippen LogP contribution in [0.15, 0.2) is 76.3 Å². The van der Waals surface area contributed by atoms with Crippen LogP contribution in [0.2, 0.25) is 5.02 Å². The average molecular weight is 563 g/mol. The quantitative estimate of drug-likeness (QED) is 0.288. The van der Waals surface area contributed by atoms with Gasteiger partial charge >= 0.3 is 5.69 Å². The Bertz CT molecular complexity index is 1640. The maximum absolute atomic E-state index is 13.4. The molecule has 40 heavy (non-hydrogen) atoms. The molecule has 0 aliphatic carbocycles. The van der Waals surface area contributed by atoms with Gasteiger partial charge in [-0.1, -0.05) is 53.6 Å². The Balaban J connectivity index is 1.43. The summed E-state index contributed by atoms with van der Waals surface area (Å²) in [5.74, 6) is -0.153. The van der Waals surface area contributed by atoms with Crippen molar-refractivity contribution in [3.05, 3.63) is 104 Å². The second-order valence-electron chi connectivity index (χ2n) is 9.43. The van der Waals surface area contributed by atoms with Crippen LogP contribution in [-0.4, -0.2) is 34.6 Å². The lowest BCUT2D eigenvalue weighted by Gasteiger charge is -2.14. The number of nitrogens with zero attached hydrogens (tertiary/aromatic N) is 2. The van der Waals surface area contributed by atoms with E-state index >= 15 is 0 Å². The molecule has 0 unspecified atom stereocenters. The molecule has 0 spiro atoms. The van der Waals surface area contributed by atoms with E-state index in [1.807, 2.05) is 31.2 Å². The number of ether oxygens (including phenoxy) is 1. The van der Waals surface area contributed by atoms with Gasteiger partial charge in [-0.05, 0) is 55.7 Å². The van der Waals surface area contributed by atoms with Crippen molar-refractivity contribution < 1.29 is 14.3 Å². The first kappa shape index (κ1) is 28.6. The van der Waals surface area contributed by atoms with Gasteiger partial charge in [0.1, 0.15) is 12.3 Å². The second-order valence-corrected chi connectivity index (χ2v) is 9.84. The first-order chi connectivity index (χ1) is 19.3. The van der Waals surface area contributed by atoms with Gasteiger partial charge in [0.05, 0.1) is 23.0 Å². The van der Waals surface area contributed by atoms with Crippen LogP contribution in [0.1, 0.15) is 24.0 Å². The number of hydrogen-bond acceptors (Lipinski definition) is 5. The molecule has 4 aromatic rings. The van der Waals surface area contributed by atoms with Crippen molar-refractivity contribution in [2.45, 2.75) is 39.3 Å². The van der Waals surface area contributed by atoms with Gasteiger partial charge in [-0.2, -0.15) is 0 Å². The van der Waals surface area contributed by atoms with E-state index in [2.05, 4.69) is 10.6 Å². The highest BCUT2D eigenvalue weighted by Crippen LogP contribution is 2.27. The van der Waals surface area contributed by atoms with Gasteiger partial charge < -0.3 is 15.4 Å². The molecule has 1 heterocycles. The molecule has 0 saturated heterocycles. The number of carbonyl (C=O) groups is 2. The summed E-state index contributed by atoms with van der Waals surface area (Å²) in [7, 11) is 1.49. The Hall–Kier alpha value is -4.37. The largest absolute Gasteiger partial charge is 0.495 e. The first-order valence-corrected chi connectivity index (χ1v) is 13.3. The summed E-state index contributed by atoms with van der Waals surface area (Å²) in [4.78, 5) is 51.7. The first-order valence-electron chi connectivity index (χ1n) is 12.9. The predicted molar refractivity (Wildman–Crippen MR) is 156 cm³/mol. The fourth-order valence-electron chi connectivity index (χ4n) is 4.40. The topological polar surface area (TPSA) is 111 Å². The molecule has 2 N–H and O–H groups in total. The Labute approximate surface area is 236 Å². The Morgan fingerprint density at radius 2 is 1.70 bits per heavy atom. The molecule has 2 amide bonds. The summed E-state index contributed by atoms with van der Waals surface area (Å²) in [6, 6.07) is 19.6. The third-order valence-electron chi connectivity index (χ3n) is 6.51. The lowest BCUT2D eigenvalue weighted by molar-refractivity contribution is -0.121. The minimum Gasteiger partial charge on any atom is -0.495 e. The van der Waals surface area contributed by atoms with Crippen LogP contribution in [0, 0.1) is 6.92 Å². The van der Waals surface area contributed by atoms with Crippen LogP contribution in [0.3, 0.4) is 0 Å². The number of halogens is 1. The highest BCUT2D eigenvalue weighted by atomic mass is 35.5. The smallest absolute Gasteiger partial charge is 0.331 e. The number of benzene rings is 3. The lowest BCUT2D eigenvalue weighted by Crippen LogP contribution is -2.42. The Morgan fingerprint density at radius 3 is 2.42 bits per heavy atom. The van der Waals surface area contributed by atoms with E-state index < -0.39 is 17.2 Å². The number of amides is 2. The predicted octanol–water partition coefficient (Wildman–Crippen LogP) is 3.91. The highest BCUT2D eigenvalue weighted by Gasteiger charge is 2.16. The van der Waals surface area contributed by atoms with Gasteiger partial charge in [-0.15, -0.1) is 0 Å². The molecule has 1 aromatic heterocycles. The minimum absolute atomic E-state index is 0.0452. The molecule has 10 heteroatoms. The number of methoxy groups -OCH3 is 1. The normalized spacial score (nSPS) is 10.9. The van der Waals surface area contributed by atoms with E-state index in [-0.39, 0.29) is 25.4 Å². The summed E-state index contributed by atoms with van der Waals surface area (Å²) in [5.41, 5.74) is 2.03. The van der Waals surface area contributed by atoms with Crippen molar-refractivity contribution in [3.63, 3.8) is 0 Å². The van der Waals surface area contributed by atoms with Crippen LogP contribution in [0.5, 0.6) is 5.75 Å². The standard InChI is InChI=1S/C30H31ClN4O5/c1-20-9-11-21(12-10-20)15-16-32-27(36)8-5-17-34-29(38)23-6-3-4-7-25(23)35(30(34)39)19-28(37)33-22-13-14-26(40-2)24(31)18-22/h3-4,6-7,9-14,18H,5,8,15-17,19H2,1-2H3,(H,32,36)(H,33,37). The van der Waals surface area contributed by atoms with Crippen LogP contribution in [0.25, 0.3) is 10.9 Å². The molecule has 0 aliphatic heterocycles. The summed E-state index contributed by atoms with van der Waals surface area (Å²) in [6.07, 6.45) is 1.16. The molecule has 0 bridgehead atoms. The Morgan fingerprint density at radius 1 is 0.950 bits per heavy atom. The SMILES string of the molecule is COc1ccc(NC(=O)Cn2c(=O)n(CCCC(=O)NCCc3ccc(C)cc3)c(=O)c3ccccc32)cc1Cl. The monoisotopic (exact) mass is 562 g/mol. The van der Waals surface area contributed by atoms with Gasteiger partial charge in [0.15, 0.2) is 0 Å². The minimum atomic E-state index is -0.619. The molecule has 3 aromatic carbocycles. The Kier molecular flexibility index (Phi) is 9.39. The zero-order chi connectivity index (χ0) is 28.6. The van der Waals surface area contributed by atoms with E-state index in [1.165, 1.54) is 17.2 Å². The summed E-state index contributed by atoms with van der Waals surface area (Å²) >= 11 is 6.15. The van der Waals surface area contributed by atoms with Gasteiger partial charge in [0.25, 0.3) is 5.56 Å². The summed E-state index contributed by atoms with van der Waals surface area (Å²) in [5, 5.41) is 6.24. The van der Waals surface area contributed by atoms with Crippen molar-refractivity contribution >= 4 is 40.0 Å². The fourth-order valence-corrected chi connectivity index (χ4v) is 4.65. The average Bonchev–Trinajstić information content (AvgIpc) is 2.94. The van der Waals surface area contributed by atoms with Gasteiger partial charge in [0, 0.05) is 25.2 Å². The number of carbonyl (C=O) groups excluding carboxylic acids is 2. The summed E-state index contributed by atoms with van der Waals surface area (Å²) in [6.45, 7) is 2.25. The number of fused-ring (bicyclic) bond motifs is 1. The molecule has 0 aliphatic rings. The van der Waals surface area contributed by atoms with Gasteiger partial charge in [-0.3, -0.25) is 23.5 Å². The summed E-state index contributed by atoms with van der Waals surface area (Å²) < 4.78 is 7.47. The molecule has 9 nitrogen and oxygen atoms in total. The van der Waals surface area contributed by atoms with E-state index in [0.717, 1.165) is 10.1 Å². The van der Waals surface area contributed by atoms with E-state index in [1.54, 1.807) is 42.5 Å². The number of anilines is 1. The number of nitrogens with one attached hydrogen (secondary N) is 2. The maximum Gasteiger partial charge on any atom is 0.331 e. The maximum atomic E-state index is 13.4. The molecule has 208 valence electrons. The van der Waals surface area contributed by atoms with Crippen molar-refractivity contribution in [1.82, 2.24) is 14.5 Å². The highest BCUT2D eigenvalue weighted by molar-refractivity contribution is 6.32. The van der Waals surface area contributed by atoms with Crippen LogP contribution < -0.4 is 26.6 Å². The van der Waals surface area contributed by atoms with Gasteiger partial charge in [0.2, 0.25) is 11.8 Å². The molecule has 0 saturated carbocycles. The zero-order valence-electron chi connectivity index (χ0n) is 22.4. The number of hydrogen-bond donors (Lipinski definition) is 2. The lowest BCUT2D eigenvalue weighted by atomic mass is 10.1. The van der Waals surface area contributed by atoms with Crippen LogP contribution in [0.4, 0.5) is 5.69 Å². The van der Waals surface area contributed by atoms with Crippen molar-refractivity contribution in [1.29, 1.82) is 0 Å². The number of aryl methyl sites for hydroxylation is 1. The molecular formula is C30H31ClN4O5. The molecular weight excluding hydrogens is 532 g/mol. The van der Waals surface area contributed by atoms with Crippen molar-refractivity contribution in [2.75, 3.05) is 19.0 Å².